The number of pyridine rings is 1. The summed E-state index contributed by atoms with van der Waals surface area (Å²) < 4.78 is 0. The van der Waals surface area contributed by atoms with Crippen molar-refractivity contribution < 1.29 is 4.79 Å². The molecule has 1 aliphatic rings. The maximum absolute atomic E-state index is 12.3. The average Bonchev–Trinajstić information content (AvgIpc) is 2.65. The second-order valence-electron chi connectivity index (χ2n) is 6.85. The van der Waals surface area contributed by atoms with Gasteiger partial charge in [-0.15, -0.1) is 0 Å². The predicted octanol–water partition coefficient (Wildman–Crippen LogP) is 2.65. The summed E-state index contributed by atoms with van der Waals surface area (Å²) in [4.78, 5) is 29.2. The number of aromatic nitrogens is 1. The maximum Gasteiger partial charge on any atom is 0.252 e. The number of likely N-dealkylation sites (tertiary alicyclic amines) is 1. The quantitative estimate of drug-likeness (QED) is 0.879. The zero-order chi connectivity index (χ0) is 17.8. The lowest BCUT2D eigenvalue weighted by molar-refractivity contribution is -0.133. The van der Waals surface area contributed by atoms with E-state index in [0.29, 0.717) is 24.9 Å². The lowest BCUT2D eigenvalue weighted by Crippen LogP contribution is -2.50. The van der Waals surface area contributed by atoms with Crippen molar-refractivity contribution in [2.45, 2.75) is 45.7 Å². The van der Waals surface area contributed by atoms with Crippen LogP contribution in [0.4, 0.5) is 0 Å². The number of amides is 1. The summed E-state index contributed by atoms with van der Waals surface area (Å²) in [7, 11) is 0. The minimum absolute atomic E-state index is 0.0298. The molecule has 5 nitrogen and oxygen atoms in total. The summed E-state index contributed by atoms with van der Waals surface area (Å²) in [5.41, 5.74) is 1.60. The molecule has 0 unspecified atom stereocenters. The van der Waals surface area contributed by atoms with Crippen LogP contribution in [0.5, 0.6) is 0 Å². The number of carbonyl (C=O) groups excluding carboxylic acids is 1. The first kappa shape index (κ1) is 17.7. The van der Waals surface area contributed by atoms with E-state index >= 15 is 0 Å². The molecule has 0 saturated carbocycles. The fourth-order valence-corrected chi connectivity index (χ4v) is 3.73. The average molecular weight is 341 g/mol. The Labute approximate surface area is 148 Å². The number of rotatable bonds is 5. The Morgan fingerprint density at radius 3 is 2.88 bits per heavy atom. The highest BCUT2D eigenvalue weighted by molar-refractivity contribution is 5.78. The molecule has 5 heteroatoms. The Balaban J connectivity index is 1.68. The molecular weight excluding hydrogens is 314 g/mol. The number of piperidine rings is 1. The molecule has 1 aliphatic heterocycles. The molecular formula is C20H27N3O2. The topological polar surface area (TPSA) is 65.2 Å². The van der Waals surface area contributed by atoms with E-state index in [4.69, 9.17) is 0 Å². The van der Waals surface area contributed by atoms with Gasteiger partial charge in [0.15, 0.2) is 0 Å². The van der Waals surface area contributed by atoms with E-state index < -0.39 is 0 Å². The van der Waals surface area contributed by atoms with Crippen LogP contribution in [0.1, 0.15) is 38.7 Å². The van der Waals surface area contributed by atoms with Gasteiger partial charge in [0, 0.05) is 43.2 Å². The van der Waals surface area contributed by atoms with Gasteiger partial charge < -0.3 is 15.2 Å². The van der Waals surface area contributed by atoms with E-state index in [9.17, 15) is 9.59 Å². The molecule has 2 atom stereocenters. The van der Waals surface area contributed by atoms with Crippen LogP contribution in [-0.2, 0) is 11.3 Å². The molecule has 0 spiro atoms. The van der Waals surface area contributed by atoms with E-state index in [1.807, 2.05) is 42.2 Å². The van der Waals surface area contributed by atoms with Crippen LogP contribution < -0.4 is 10.9 Å². The molecule has 0 aliphatic carbocycles. The first-order chi connectivity index (χ1) is 12.1. The lowest BCUT2D eigenvalue weighted by atomic mass is 9.89. The molecule has 0 bridgehead atoms. The van der Waals surface area contributed by atoms with Crippen molar-refractivity contribution in [3.8, 4) is 0 Å². The number of nitrogens with one attached hydrogen (secondary N) is 2. The summed E-state index contributed by atoms with van der Waals surface area (Å²) in [6.07, 6.45) is 2.54. The van der Waals surface area contributed by atoms with Crippen molar-refractivity contribution in [1.82, 2.24) is 15.2 Å². The van der Waals surface area contributed by atoms with Gasteiger partial charge in [0.1, 0.15) is 0 Å². The highest BCUT2D eigenvalue weighted by Gasteiger charge is 2.29. The third-order valence-electron chi connectivity index (χ3n) is 5.30. The first-order valence-corrected chi connectivity index (χ1v) is 9.24. The number of carbonyl (C=O) groups is 1. The normalized spacial score (nSPS) is 20.8. The summed E-state index contributed by atoms with van der Waals surface area (Å²) >= 11 is 0. The largest absolute Gasteiger partial charge is 0.342 e. The minimum atomic E-state index is -0.0298. The third kappa shape index (κ3) is 3.93. The predicted molar refractivity (Wildman–Crippen MR) is 100 cm³/mol. The van der Waals surface area contributed by atoms with E-state index in [0.717, 1.165) is 42.4 Å². The number of H-pyrrole nitrogens is 1. The molecule has 3 rings (SSSR count). The van der Waals surface area contributed by atoms with Crippen LogP contribution in [-0.4, -0.2) is 34.9 Å². The summed E-state index contributed by atoms with van der Waals surface area (Å²) in [5, 5.41) is 4.61. The van der Waals surface area contributed by atoms with Gasteiger partial charge in [-0.2, -0.15) is 0 Å². The van der Waals surface area contributed by atoms with Crippen molar-refractivity contribution in [1.29, 1.82) is 0 Å². The Bertz CT molecular complexity index is 799. The van der Waals surface area contributed by atoms with Crippen LogP contribution in [0.25, 0.3) is 10.9 Å². The molecule has 1 aromatic carbocycles. The van der Waals surface area contributed by atoms with Crippen molar-refractivity contribution in [3.63, 3.8) is 0 Å². The number of benzene rings is 1. The van der Waals surface area contributed by atoms with Crippen molar-refractivity contribution >= 4 is 16.8 Å². The van der Waals surface area contributed by atoms with Gasteiger partial charge in [-0.25, -0.2) is 0 Å². The van der Waals surface area contributed by atoms with Crippen LogP contribution in [0.3, 0.4) is 0 Å². The van der Waals surface area contributed by atoms with Crippen LogP contribution in [0.2, 0.25) is 0 Å². The molecule has 2 heterocycles. The molecule has 1 saturated heterocycles. The second-order valence-corrected chi connectivity index (χ2v) is 6.85. The van der Waals surface area contributed by atoms with Gasteiger partial charge in [-0.3, -0.25) is 9.59 Å². The molecule has 1 amide bonds. The zero-order valence-electron chi connectivity index (χ0n) is 15.0. The second kappa shape index (κ2) is 7.83. The Hall–Kier alpha value is -2.14. The number of fused-ring (bicyclic) bond motifs is 1. The van der Waals surface area contributed by atoms with E-state index in [2.05, 4.69) is 17.2 Å². The number of nitrogens with zero attached hydrogens (tertiary/aromatic N) is 1. The number of hydrogen-bond donors (Lipinski definition) is 2. The van der Waals surface area contributed by atoms with Crippen LogP contribution in [0, 0.1) is 5.92 Å². The highest BCUT2D eigenvalue weighted by atomic mass is 16.2. The van der Waals surface area contributed by atoms with Gasteiger partial charge >= 0.3 is 0 Å². The smallest absolute Gasteiger partial charge is 0.252 e. The Kier molecular flexibility index (Phi) is 5.53. The van der Waals surface area contributed by atoms with E-state index in [1.165, 1.54) is 0 Å². The van der Waals surface area contributed by atoms with E-state index in [-0.39, 0.29) is 11.5 Å². The Morgan fingerprint density at radius 2 is 2.12 bits per heavy atom. The fraction of sp³-hybridized carbons (Fsp3) is 0.500. The van der Waals surface area contributed by atoms with Gasteiger partial charge in [0.05, 0.1) is 0 Å². The summed E-state index contributed by atoms with van der Waals surface area (Å²) in [5.74, 6) is 0.673. The maximum atomic E-state index is 12.3. The van der Waals surface area contributed by atoms with Crippen LogP contribution >= 0.6 is 0 Å². The summed E-state index contributed by atoms with van der Waals surface area (Å²) in [6.45, 7) is 6.26. The van der Waals surface area contributed by atoms with E-state index in [1.54, 1.807) is 0 Å². The lowest BCUT2D eigenvalue weighted by Gasteiger charge is -2.38. The molecule has 25 heavy (non-hydrogen) atoms. The molecule has 2 aromatic rings. The number of hydrogen-bond acceptors (Lipinski definition) is 3. The monoisotopic (exact) mass is 341 g/mol. The van der Waals surface area contributed by atoms with Gasteiger partial charge in [-0.05, 0) is 29.9 Å². The summed E-state index contributed by atoms with van der Waals surface area (Å²) in [6, 6.07) is 10.1. The van der Waals surface area contributed by atoms with Crippen molar-refractivity contribution in [2.75, 3.05) is 13.1 Å². The third-order valence-corrected chi connectivity index (χ3v) is 5.30. The fourth-order valence-electron chi connectivity index (χ4n) is 3.73. The van der Waals surface area contributed by atoms with Gasteiger partial charge in [0.25, 0.3) is 5.56 Å². The van der Waals surface area contributed by atoms with Crippen molar-refractivity contribution in [3.05, 3.63) is 46.2 Å². The molecule has 0 radical (unpaired) electrons. The van der Waals surface area contributed by atoms with Gasteiger partial charge in [-0.1, -0.05) is 38.5 Å². The SMILES string of the molecule is CCC(=O)N1CC[C@@H](NCc2cc3ccccc3[nH]c2=O)[C@H](CC)C1. The highest BCUT2D eigenvalue weighted by Crippen LogP contribution is 2.21. The number of para-hydroxylation sites is 1. The van der Waals surface area contributed by atoms with Gasteiger partial charge in [0.2, 0.25) is 5.91 Å². The van der Waals surface area contributed by atoms with Crippen LogP contribution in [0.15, 0.2) is 35.1 Å². The zero-order valence-corrected chi connectivity index (χ0v) is 15.0. The number of aromatic amines is 1. The molecule has 2 N–H and O–H groups in total. The minimum Gasteiger partial charge on any atom is -0.342 e. The molecule has 134 valence electrons. The molecule has 1 aromatic heterocycles. The standard InChI is InChI=1S/C20H27N3O2/c1-3-14-13-23(19(24)4-2)10-9-17(14)21-12-16-11-15-7-5-6-8-18(15)22-20(16)25/h5-8,11,14,17,21H,3-4,9-10,12-13H2,1-2H3,(H,22,25)/t14-,17-/m1/s1. The first-order valence-electron chi connectivity index (χ1n) is 9.24. The molecule has 1 fully saturated rings. The Morgan fingerprint density at radius 1 is 1.32 bits per heavy atom. The van der Waals surface area contributed by atoms with Crippen molar-refractivity contribution in [2.24, 2.45) is 5.92 Å².